The largest absolute Gasteiger partial charge is 0.508 e. The number of hydrogen-bond donors (Lipinski definition) is 2. The van der Waals surface area contributed by atoms with Crippen LogP contribution in [0, 0.1) is 6.92 Å². The summed E-state index contributed by atoms with van der Waals surface area (Å²) in [5.41, 5.74) is 11.4. The van der Waals surface area contributed by atoms with Gasteiger partial charge in [0.05, 0.1) is 6.04 Å². The van der Waals surface area contributed by atoms with E-state index in [-0.39, 0.29) is 6.04 Å². The van der Waals surface area contributed by atoms with Crippen LogP contribution < -0.4 is 5.73 Å². The summed E-state index contributed by atoms with van der Waals surface area (Å²) in [5, 5.41) is 10.9. The number of anilines is 1. The van der Waals surface area contributed by atoms with Crippen LogP contribution in [0.25, 0.3) is 0 Å². The van der Waals surface area contributed by atoms with Crippen LogP contribution in [0.5, 0.6) is 5.75 Å². The number of aryl methyl sites for hydroxylation is 1. The molecule has 3 aromatic rings. The van der Waals surface area contributed by atoms with Crippen LogP contribution in [0.1, 0.15) is 34.7 Å². The zero-order valence-electron chi connectivity index (χ0n) is 18.7. The molecule has 1 saturated heterocycles. The van der Waals surface area contributed by atoms with Crippen LogP contribution in [0.4, 0.5) is 5.69 Å². The summed E-state index contributed by atoms with van der Waals surface area (Å²) in [6.45, 7) is 7.09. The van der Waals surface area contributed by atoms with Crippen LogP contribution in [0.2, 0.25) is 5.02 Å². The number of nitrogens with two attached hydrogens (primary N) is 1. The fourth-order valence-electron chi connectivity index (χ4n) is 4.65. The van der Waals surface area contributed by atoms with Gasteiger partial charge in [0.1, 0.15) is 5.75 Å². The number of benzene rings is 3. The van der Waals surface area contributed by atoms with E-state index in [1.165, 1.54) is 11.1 Å². The van der Waals surface area contributed by atoms with Crippen molar-refractivity contribution < 1.29 is 5.11 Å². The summed E-state index contributed by atoms with van der Waals surface area (Å²) >= 11 is 6.14. The first-order valence-corrected chi connectivity index (χ1v) is 11.7. The first-order valence-electron chi connectivity index (χ1n) is 11.4. The lowest BCUT2D eigenvalue weighted by molar-refractivity contribution is 0.108. The smallest absolute Gasteiger partial charge is 0.120 e. The topological polar surface area (TPSA) is 52.7 Å². The molecular formula is C27H32ClN3O. The van der Waals surface area contributed by atoms with Gasteiger partial charge < -0.3 is 15.7 Å². The van der Waals surface area contributed by atoms with Gasteiger partial charge in [-0.25, -0.2) is 0 Å². The first-order chi connectivity index (χ1) is 15.5. The van der Waals surface area contributed by atoms with Crippen LogP contribution in [-0.2, 0) is 6.42 Å². The molecule has 0 aromatic heterocycles. The number of piperazine rings is 1. The Labute approximate surface area is 196 Å². The van der Waals surface area contributed by atoms with Crippen molar-refractivity contribution in [3.8, 4) is 5.75 Å². The molecule has 0 aliphatic carbocycles. The Bertz CT molecular complexity index is 1020. The van der Waals surface area contributed by atoms with Crippen molar-refractivity contribution in [1.82, 2.24) is 9.80 Å². The van der Waals surface area contributed by atoms with E-state index in [9.17, 15) is 5.11 Å². The van der Waals surface area contributed by atoms with Crippen LogP contribution in [0.3, 0.4) is 0 Å². The molecule has 0 amide bonds. The SMILES string of the molecule is Cc1ccc(O)c(CCCN2CCN(C(c3ccccc3)c3ccc(Cl)cc3)CC2)c1N. The van der Waals surface area contributed by atoms with Crippen LogP contribution >= 0.6 is 11.6 Å². The molecule has 1 fully saturated rings. The lowest BCUT2D eigenvalue weighted by Gasteiger charge is -2.40. The number of aromatic hydroxyl groups is 1. The average Bonchev–Trinajstić information content (AvgIpc) is 2.82. The van der Waals surface area contributed by atoms with Gasteiger partial charge in [0.2, 0.25) is 0 Å². The molecule has 5 heteroatoms. The molecule has 1 aliphatic rings. The molecule has 1 atom stereocenters. The van der Waals surface area contributed by atoms with E-state index in [0.717, 1.165) is 67.4 Å². The summed E-state index contributed by atoms with van der Waals surface area (Å²) in [6.07, 6.45) is 1.79. The third kappa shape index (κ3) is 5.26. The molecule has 0 spiro atoms. The maximum absolute atomic E-state index is 10.2. The highest BCUT2D eigenvalue weighted by Crippen LogP contribution is 2.31. The van der Waals surface area contributed by atoms with Gasteiger partial charge in [0.25, 0.3) is 0 Å². The highest BCUT2D eigenvalue weighted by Gasteiger charge is 2.26. The van der Waals surface area contributed by atoms with Crippen molar-refractivity contribution in [1.29, 1.82) is 0 Å². The van der Waals surface area contributed by atoms with Gasteiger partial charge >= 0.3 is 0 Å². The summed E-state index contributed by atoms with van der Waals surface area (Å²) in [7, 11) is 0. The van der Waals surface area contributed by atoms with Gasteiger partial charge in [-0.05, 0) is 61.2 Å². The Morgan fingerprint density at radius 2 is 1.56 bits per heavy atom. The maximum Gasteiger partial charge on any atom is 0.120 e. The molecule has 1 heterocycles. The molecule has 4 nitrogen and oxygen atoms in total. The minimum Gasteiger partial charge on any atom is -0.508 e. The van der Waals surface area contributed by atoms with E-state index in [4.69, 9.17) is 17.3 Å². The minimum atomic E-state index is 0.236. The second-order valence-corrected chi connectivity index (χ2v) is 9.08. The second-order valence-electron chi connectivity index (χ2n) is 8.64. The van der Waals surface area contributed by atoms with Crippen molar-refractivity contribution in [2.45, 2.75) is 25.8 Å². The number of rotatable bonds is 7. The third-order valence-electron chi connectivity index (χ3n) is 6.52. The van der Waals surface area contributed by atoms with Gasteiger partial charge in [0, 0.05) is 42.5 Å². The van der Waals surface area contributed by atoms with Gasteiger partial charge in [0.15, 0.2) is 0 Å². The van der Waals surface area contributed by atoms with Crippen molar-refractivity contribution >= 4 is 17.3 Å². The number of phenolic OH excluding ortho intramolecular Hbond substituents is 1. The second kappa shape index (κ2) is 10.4. The quantitative estimate of drug-likeness (QED) is 0.482. The lowest BCUT2D eigenvalue weighted by Crippen LogP contribution is -2.48. The van der Waals surface area contributed by atoms with Gasteiger partial charge in [-0.2, -0.15) is 0 Å². The Morgan fingerprint density at radius 3 is 2.25 bits per heavy atom. The molecule has 0 saturated carbocycles. The normalized spacial score (nSPS) is 16.2. The number of nitrogens with zero attached hydrogens (tertiary/aromatic N) is 2. The molecule has 1 aliphatic heterocycles. The monoisotopic (exact) mass is 449 g/mol. The molecule has 1 unspecified atom stereocenters. The summed E-state index contributed by atoms with van der Waals surface area (Å²) < 4.78 is 0. The van der Waals surface area contributed by atoms with E-state index < -0.39 is 0 Å². The Morgan fingerprint density at radius 1 is 0.906 bits per heavy atom. The molecule has 3 N–H and O–H groups in total. The molecule has 4 rings (SSSR count). The van der Waals surface area contributed by atoms with Crippen molar-refractivity contribution in [3.05, 3.63) is 94.0 Å². The number of hydrogen-bond acceptors (Lipinski definition) is 4. The van der Waals surface area contributed by atoms with Crippen LogP contribution in [-0.4, -0.2) is 47.6 Å². The van der Waals surface area contributed by atoms with Gasteiger partial charge in [-0.3, -0.25) is 4.90 Å². The summed E-state index contributed by atoms with van der Waals surface area (Å²) in [6, 6.07) is 22.8. The zero-order valence-corrected chi connectivity index (χ0v) is 19.4. The van der Waals surface area contributed by atoms with E-state index in [1.54, 1.807) is 6.07 Å². The molecule has 0 bridgehead atoms. The van der Waals surface area contributed by atoms with E-state index in [0.29, 0.717) is 5.75 Å². The molecular weight excluding hydrogens is 418 g/mol. The maximum atomic E-state index is 10.2. The molecule has 3 aromatic carbocycles. The minimum absolute atomic E-state index is 0.236. The lowest BCUT2D eigenvalue weighted by atomic mass is 9.96. The first kappa shape index (κ1) is 22.7. The molecule has 0 radical (unpaired) electrons. The standard InChI is InChI=1S/C27H32ClN3O/c1-20-9-14-25(32)24(26(20)29)8-5-15-30-16-18-31(19-17-30)27(21-6-3-2-4-7-21)22-10-12-23(28)13-11-22/h2-4,6-7,9-14,27,32H,5,8,15-19,29H2,1H3. The fourth-order valence-corrected chi connectivity index (χ4v) is 4.78. The zero-order chi connectivity index (χ0) is 22.5. The Hall–Kier alpha value is -2.53. The summed E-state index contributed by atoms with van der Waals surface area (Å²) in [4.78, 5) is 5.09. The highest BCUT2D eigenvalue weighted by atomic mass is 35.5. The molecule has 32 heavy (non-hydrogen) atoms. The van der Waals surface area contributed by atoms with E-state index in [2.05, 4.69) is 52.3 Å². The van der Waals surface area contributed by atoms with Crippen molar-refractivity contribution in [2.24, 2.45) is 0 Å². The van der Waals surface area contributed by atoms with Crippen molar-refractivity contribution in [3.63, 3.8) is 0 Å². The van der Waals surface area contributed by atoms with Crippen molar-refractivity contribution in [2.75, 3.05) is 38.5 Å². The van der Waals surface area contributed by atoms with Crippen LogP contribution in [0.15, 0.2) is 66.7 Å². The van der Waals surface area contributed by atoms with Gasteiger partial charge in [-0.15, -0.1) is 0 Å². The number of nitrogen functional groups attached to an aromatic ring is 1. The Balaban J connectivity index is 1.37. The van der Waals surface area contributed by atoms with Gasteiger partial charge in [-0.1, -0.05) is 60.1 Å². The number of phenols is 1. The van der Waals surface area contributed by atoms with E-state index in [1.807, 2.05) is 25.1 Å². The van der Waals surface area contributed by atoms with E-state index >= 15 is 0 Å². The predicted molar refractivity (Wildman–Crippen MR) is 133 cm³/mol. The third-order valence-corrected chi connectivity index (χ3v) is 6.78. The fraction of sp³-hybridized carbons (Fsp3) is 0.333. The Kier molecular flexibility index (Phi) is 7.36. The number of halogens is 1. The molecule has 168 valence electrons. The predicted octanol–water partition coefficient (Wildman–Crippen LogP) is 5.28. The summed E-state index contributed by atoms with van der Waals surface area (Å²) in [5.74, 6) is 0.312. The average molecular weight is 450 g/mol. The highest BCUT2D eigenvalue weighted by molar-refractivity contribution is 6.30.